The third-order valence-electron chi connectivity index (χ3n) is 2.49. The Hall–Kier alpha value is -2.51. The zero-order chi connectivity index (χ0) is 16.0. The van der Waals surface area contributed by atoms with Crippen molar-refractivity contribution in [2.45, 2.75) is 26.3 Å². The predicted octanol–water partition coefficient (Wildman–Crippen LogP) is 1.38. The SMILES string of the molecule is CC(C)NC(=O)CCNC(=O)c1ccc([N+](=O)[O-])c(F)c1. The molecule has 0 saturated carbocycles. The fraction of sp³-hybridized carbons (Fsp3) is 0.385. The molecule has 1 aromatic carbocycles. The molecule has 0 bridgehead atoms. The van der Waals surface area contributed by atoms with Crippen LogP contribution in [0.15, 0.2) is 18.2 Å². The van der Waals surface area contributed by atoms with E-state index in [4.69, 9.17) is 0 Å². The smallest absolute Gasteiger partial charge is 0.304 e. The van der Waals surface area contributed by atoms with Crippen molar-refractivity contribution in [2.75, 3.05) is 6.54 Å². The minimum Gasteiger partial charge on any atom is -0.354 e. The van der Waals surface area contributed by atoms with E-state index in [0.717, 1.165) is 18.2 Å². The minimum absolute atomic E-state index is 0.0111. The fourth-order valence-electron chi connectivity index (χ4n) is 1.58. The van der Waals surface area contributed by atoms with Gasteiger partial charge in [-0.25, -0.2) is 0 Å². The standard InChI is InChI=1S/C13H16FN3O4/c1-8(2)16-12(18)5-6-15-13(19)9-3-4-11(17(20)21)10(14)7-9/h3-4,7-8H,5-6H2,1-2H3,(H,15,19)(H,16,18). The Balaban J connectivity index is 2.55. The van der Waals surface area contributed by atoms with Crippen LogP contribution >= 0.6 is 0 Å². The highest BCUT2D eigenvalue weighted by atomic mass is 19.1. The first-order valence-electron chi connectivity index (χ1n) is 6.32. The third kappa shape index (κ3) is 5.17. The lowest BCUT2D eigenvalue weighted by Gasteiger charge is -2.09. The number of benzene rings is 1. The van der Waals surface area contributed by atoms with Gasteiger partial charge in [-0.3, -0.25) is 19.7 Å². The Morgan fingerprint density at radius 3 is 2.57 bits per heavy atom. The van der Waals surface area contributed by atoms with Crippen LogP contribution in [0.1, 0.15) is 30.6 Å². The lowest BCUT2D eigenvalue weighted by molar-refractivity contribution is -0.387. The van der Waals surface area contributed by atoms with E-state index in [0.29, 0.717) is 0 Å². The fourth-order valence-corrected chi connectivity index (χ4v) is 1.58. The van der Waals surface area contributed by atoms with E-state index in [-0.39, 0.29) is 30.5 Å². The molecule has 114 valence electrons. The normalized spacial score (nSPS) is 10.3. The van der Waals surface area contributed by atoms with Gasteiger partial charge in [0, 0.05) is 30.6 Å². The molecule has 0 spiro atoms. The molecule has 0 heterocycles. The van der Waals surface area contributed by atoms with Gasteiger partial charge >= 0.3 is 5.69 Å². The number of carbonyl (C=O) groups is 2. The number of nitro groups is 1. The first-order chi connectivity index (χ1) is 9.81. The van der Waals surface area contributed by atoms with Crippen molar-refractivity contribution in [3.8, 4) is 0 Å². The molecule has 0 aromatic heterocycles. The van der Waals surface area contributed by atoms with Gasteiger partial charge in [0.2, 0.25) is 11.7 Å². The lowest BCUT2D eigenvalue weighted by Crippen LogP contribution is -2.34. The molecule has 7 nitrogen and oxygen atoms in total. The Morgan fingerprint density at radius 1 is 1.38 bits per heavy atom. The summed E-state index contributed by atoms with van der Waals surface area (Å²) in [6.45, 7) is 3.72. The second kappa shape index (κ2) is 7.32. The number of nitrogens with zero attached hydrogens (tertiary/aromatic N) is 1. The first kappa shape index (κ1) is 16.5. The molecular weight excluding hydrogens is 281 g/mol. The van der Waals surface area contributed by atoms with Gasteiger partial charge in [-0.1, -0.05) is 0 Å². The molecule has 0 aliphatic carbocycles. The Labute approximate surface area is 120 Å². The van der Waals surface area contributed by atoms with Crippen LogP contribution in [0.3, 0.4) is 0 Å². The van der Waals surface area contributed by atoms with Gasteiger partial charge in [0.05, 0.1) is 4.92 Å². The predicted molar refractivity (Wildman–Crippen MR) is 73.3 cm³/mol. The number of hydrogen-bond donors (Lipinski definition) is 2. The summed E-state index contributed by atoms with van der Waals surface area (Å²) in [5.74, 6) is -1.88. The largest absolute Gasteiger partial charge is 0.354 e. The summed E-state index contributed by atoms with van der Waals surface area (Å²) in [7, 11) is 0. The summed E-state index contributed by atoms with van der Waals surface area (Å²) in [4.78, 5) is 32.6. The number of halogens is 1. The Bertz CT molecular complexity index is 560. The summed E-state index contributed by atoms with van der Waals surface area (Å²) >= 11 is 0. The number of amides is 2. The average molecular weight is 297 g/mol. The number of rotatable bonds is 6. The maximum absolute atomic E-state index is 13.4. The van der Waals surface area contributed by atoms with Crippen molar-refractivity contribution in [3.05, 3.63) is 39.7 Å². The van der Waals surface area contributed by atoms with E-state index in [9.17, 15) is 24.1 Å². The molecule has 0 fully saturated rings. The Morgan fingerprint density at radius 2 is 2.05 bits per heavy atom. The molecule has 0 unspecified atom stereocenters. The van der Waals surface area contributed by atoms with Gasteiger partial charge in [-0.05, 0) is 26.0 Å². The van der Waals surface area contributed by atoms with Crippen LogP contribution in [0.5, 0.6) is 0 Å². The summed E-state index contributed by atoms with van der Waals surface area (Å²) in [5, 5.41) is 15.6. The van der Waals surface area contributed by atoms with Crippen LogP contribution in [0, 0.1) is 15.9 Å². The molecule has 1 rings (SSSR count). The van der Waals surface area contributed by atoms with Crippen molar-refractivity contribution in [1.82, 2.24) is 10.6 Å². The summed E-state index contributed by atoms with van der Waals surface area (Å²) in [6, 6.07) is 2.89. The van der Waals surface area contributed by atoms with E-state index < -0.39 is 22.3 Å². The van der Waals surface area contributed by atoms with Crippen LogP contribution in [-0.2, 0) is 4.79 Å². The van der Waals surface area contributed by atoms with Crippen molar-refractivity contribution < 1.29 is 18.9 Å². The molecule has 21 heavy (non-hydrogen) atoms. The van der Waals surface area contributed by atoms with E-state index in [1.54, 1.807) is 0 Å². The average Bonchev–Trinajstić information content (AvgIpc) is 2.36. The van der Waals surface area contributed by atoms with Gasteiger partial charge in [0.1, 0.15) is 0 Å². The van der Waals surface area contributed by atoms with Gasteiger partial charge in [-0.2, -0.15) is 4.39 Å². The number of nitrogens with one attached hydrogen (secondary N) is 2. The third-order valence-corrected chi connectivity index (χ3v) is 2.49. The summed E-state index contributed by atoms with van der Waals surface area (Å²) in [6.07, 6.45) is 0.0966. The van der Waals surface area contributed by atoms with Crippen LogP contribution < -0.4 is 10.6 Å². The maximum atomic E-state index is 13.4. The van der Waals surface area contributed by atoms with Crippen LogP contribution in [-0.4, -0.2) is 29.3 Å². The topological polar surface area (TPSA) is 101 Å². The van der Waals surface area contributed by atoms with E-state index in [1.807, 2.05) is 13.8 Å². The van der Waals surface area contributed by atoms with Gasteiger partial charge < -0.3 is 10.6 Å². The highest BCUT2D eigenvalue weighted by molar-refractivity contribution is 5.94. The molecular formula is C13H16FN3O4. The quantitative estimate of drug-likeness (QED) is 0.611. The molecule has 0 radical (unpaired) electrons. The molecule has 2 N–H and O–H groups in total. The lowest BCUT2D eigenvalue weighted by atomic mass is 10.2. The van der Waals surface area contributed by atoms with Gasteiger partial charge in [0.25, 0.3) is 5.91 Å². The number of nitro benzene ring substituents is 1. The van der Waals surface area contributed by atoms with Crippen molar-refractivity contribution >= 4 is 17.5 Å². The van der Waals surface area contributed by atoms with Crippen molar-refractivity contribution in [3.63, 3.8) is 0 Å². The minimum atomic E-state index is -1.08. The zero-order valence-corrected chi connectivity index (χ0v) is 11.7. The number of carbonyl (C=O) groups excluding carboxylic acids is 2. The van der Waals surface area contributed by atoms with Crippen LogP contribution in [0.2, 0.25) is 0 Å². The van der Waals surface area contributed by atoms with Crippen molar-refractivity contribution in [1.29, 1.82) is 0 Å². The molecule has 2 amide bonds. The second-order valence-electron chi connectivity index (χ2n) is 4.65. The molecule has 0 aliphatic rings. The Kier molecular flexibility index (Phi) is 5.77. The highest BCUT2D eigenvalue weighted by Gasteiger charge is 2.16. The monoisotopic (exact) mass is 297 g/mol. The van der Waals surface area contributed by atoms with Crippen molar-refractivity contribution in [2.24, 2.45) is 0 Å². The van der Waals surface area contributed by atoms with Gasteiger partial charge in [0.15, 0.2) is 0 Å². The molecule has 0 atom stereocenters. The van der Waals surface area contributed by atoms with E-state index >= 15 is 0 Å². The summed E-state index contributed by atoms with van der Waals surface area (Å²) < 4.78 is 13.4. The zero-order valence-electron chi connectivity index (χ0n) is 11.7. The van der Waals surface area contributed by atoms with Crippen LogP contribution in [0.4, 0.5) is 10.1 Å². The molecule has 1 aromatic rings. The van der Waals surface area contributed by atoms with E-state index in [1.165, 1.54) is 0 Å². The van der Waals surface area contributed by atoms with Crippen LogP contribution in [0.25, 0.3) is 0 Å². The second-order valence-corrected chi connectivity index (χ2v) is 4.65. The van der Waals surface area contributed by atoms with Gasteiger partial charge in [-0.15, -0.1) is 0 Å². The molecule has 0 aliphatic heterocycles. The molecule has 0 saturated heterocycles. The maximum Gasteiger partial charge on any atom is 0.304 e. The molecule has 8 heteroatoms. The number of hydrogen-bond acceptors (Lipinski definition) is 4. The summed E-state index contributed by atoms with van der Waals surface area (Å²) in [5.41, 5.74) is -0.731. The highest BCUT2D eigenvalue weighted by Crippen LogP contribution is 2.17. The van der Waals surface area contributed by atoms with E-state index in [2.05, 4.69) is 10.6 Å². The first-order valence-corrected chi connectivity index (χ1v) is 6.32.